The smallest absolute Gasteiger partial charge is 0.233 e. The van der Waals surface area contributed by atoms with Gasteiger partial charge in [-0.3, -0.25) is 4.79 Å². The summed E-state index contributed by atoms with van der Waals surface area (Å²) < 4.78 is 0. The third-order valence-electron chi connectivity index (χ3n) is 4.74. The second-order valence-corrected chi connectivity index (χ2v) is 8.73. The highest BCUT2D eigenvalue weighted by atomic mass is 35.5. The summed E-state index contributed by atoms with van der Waals surface area (Å²) in [5.41, 5.74) is 2.16. The number of thioether (sulfide) groups is 1. The second kappa shape index (κ2) is 8.59. The molecule has 1 saturated heterocycles. The number of hydrogen-bond acceptors (Lipinski definition) is 5. The standard InChI is InChI=1S/C20H20ClN3OS2/c21-18-17-15(14-8-4-3-5-9-14)12-26-19(17)23-20(22-18)27-13-16(25)24-10-6-1-2-7-11-24/h3-5,8-9,12H,1-2,6-7,10-11,13H2. The second-order valence-electron chi connectivity index (χ2n) is 6.58. The van der Waals surface area contributed by atoms with Crippen molar-refractivity contribution in [2.45, 2.75) is 30.8 Å². The average molecular weight is 418 g/mol. The fourth-order valence-electron chi connectivity index (χ4n) is 3.31. The minimum Gasteiger partial charge on any atom is -0.342 e. The number of aromatic nitrogens is 2. The van der Waals surface area contributed by atoms with Gasteiger partial charge in [0, 0.05) is 24.0 Å². The molecule has 3 aromatic rings. The molecule has 0 radical (unpaired) electrons. The molecule has 140 valence electrons. The summed E-state index contributed by atoms with van der Waals surface area (Å²) in [6.07, 6.45) is 4.63. The number of benzene rings is 1. The fraction of sp³-hybridized carbons (Fsp3) is 0.350. The summed E-state index contributed by atoms with van der Waals surface area (Å²) in [4.78, 5) is 24.4. The van der Waals surface area contributed by atoms with E-state index in [-0.39, 0.29) is 5.91 Å². The number of hydrogen-bond donors (Lipinski definition) is 0. The van der Waals surface area contributed by atoms with Gasteiger partial charge in [-0.1, -0.05) is 66.5 Å². The predicted molar refractivity (Wildman–Crippen MR) is 114 cm³/mol. The maximum atomic E-state index is 12.5. The van der Waals surface area contributed by atoms with E-state index in [1.165, 1.54) is 24.6 Å². The molecule has 0 unspecified atom stereocenters. The predicted octanol–water partition coefficient (Wildman–Crippen LogP) is 5.51. The third kappa shape index (κ3) is 4.28. The van der Waals surface area contributed by atoms with Crippen LogP contribution < -0.4 is 0 Å². The van der Waals surface area contributed by atoms with Crippen LogP contribution >= 0.6 is 34.7 Å². The van der Waals surface area contributed by atoms with Gasteiger partial charge >= 0.3 is 0 Å². The Bertz CT molecular complexity index is 937. The Morgan fingerprint density at radius 2 is 1.85 bits per heavy atom. The summed E-state index contributed by atoms with van der Waals surface area (Å²) in [7, 11) is 0. The van der Waals surface area contributed by atoms with E-state index in [2.05, 4.69) is 27.5 Å². The van der Waals surface area contributed by atoms with Gasteiger partial charge in [0.2, 0.25) is 5.91 Å². The van der Waals surface area contributed by atoms with Crippen LogP contribution in [0.4, 0.5) is 0 Å². The largest absolute Gasteiger partial charge is 0.342 e. The zero-order chi connectivity index (χ0) is 18.6. The lowest BCUT2D eigenvalue weighted by atomic mass is 10.1. The van der Waals surface area contributed by atoms with E-state index in [9.17, 15) is 4.79 Å². The number of carbonyl (C=O) groups is 1. The number of amides is 1. The Morgan fingerprint density at radius 3 is 2.59 bits per heavy atom. The topological polar surface area (TPSA) is 46.1 Å². The van der Waals surface area contributed by atoms with Gasteiger partial charge in [-0.25, -0.2) is 9.97 Å². The molecular weight excluding hydrogens is 398 g/mol. The molecule has 7 heteroatoms. The SMILES string of the molecule is O=C(CSc1nc(Cl)c2c(-c3ccccc3)csc2n1)N1CCCCCC1. The highest BCUT2D eigenvalue weighted by molar-refractivity contribution is 7.99. The first kappa shape index (κ1) is 18.7. The fourth-order valence-corrected chi connectivity index (χ4v) is 5.44. The van der Waals surface area contributed by atoms with Crippen molar-refractivity contribution < 1.29 is 4.79 Å². The van der Waals surface area contributed by atoms with E-state index < -0.39 is 0 Å². The Hall–Kier alpha value is -1.63. The van der Waals surface area contributed by atoms with E-state index >= 15 is 0 Å². The van der Waals surface area contributed by atoms with E-state index in [0.717, 1.165) is 47.3 Å². The molecule has 1 fully saturated rings. The first-order chi connectivity index (χ1) is 13.2. The van der Waals surface area contributed by atoms with Gasteiger partial charge in [0.15, 0.2) is 5.16 Å². The van der Waals surface area contributed by atoms with Crippen LogP contribution in [0.3, 0.4) is 0 Å². The average Bonchev–Trinajstić information content (AvgIpc) is 2.93. The van der Waals surface area contributed by atoms with Gasteiger partial charge in [-0.15, -0.1) is 11.3 Å². The normalized spacial score (nSPS) is 15.1. The lowest BCUT2D eigenvalue weighted by Gasteiger charge is -2.19. The van der Waals surface area contributed by atoms with Crippen LogP contribution in [0.1, 0.15) is 25.7 Å². The number of halogens is 1. The molecule has 1 aliphatic rings. The van der Waals surface area contributed by atoms with Crippen molar-refractivity contribution in [1.82, 2.24) is 14.9 Å². The zero-order valence-electron chi connectivity index (χ0n) is 14.9. The van der Waals surface area contributed by atoms with Crippen molar-refractivity contribution in [3.63, 3.8) is 0 Å². The van der Waals surface area contributed by atoms with Crippen molar-refractivity contribution in [3.8, 4) is 11.1 Å². The molecule has 1 amide bonds. The van der Waals surface area contributed by atoms with Crippen LogP contribution in [0.25, 0.3) is 21.3 Å². The number of likely N-dealkylation sites (tertiary alicyclic amines) is 1. The van der Waals surface area contributed by atoms with Crippen LogP contribution in [-0.4, -0.2) is 39.6 Å². The molecule has 0 atom stereocenters. The molecule has 1 aliphatic heterocycles. The minimum atomic E-state index is 0.165. The van der Waals surface area contributed by atoms with E-state index in [4.69, 9.17) is 11.6 Å². The van der Waals surface area contributed by atoms with E-state index in [0.29, 0.717) is 16.1 Å². The van der Waals surface area contributed by atoms with Crippen LogP contribution in [0.5, 0.6) is 0 Å². The van der Waals surface area contributed by atoms with E-state index in [1.54, 1.807) is 11.3 Å². The molecule has 0 saturated carbocycles. The highest BCUT2D eigenvalue weighted by Gasteiger charge is 2.18. The summed E-state index contributed by atoms with van der Waals surface area (Å²) >= 11 is 9.42. The maximum Gasteiger partial charge on any atom is 0.233 e. The summed E-state index contributed by atoms with van der Waals surface area (Å²) in [5.74, 6) is 0.525. The van der Waals surface area contributed by atoms with Crippen LogP contribution in [-0.2, 0) is 4.79 Å². The first-order valence-electron chi connectivity index (χ1n) is 9.13. The van der Waals surface area contributed by atoms with Crippen LogP contribution in [0.15, 0.2) is 40.9 Å². The number of fused-ring (bicyclic) bond motifs is 1. The number of nitrogens with zero attached hydrogens (tertiary/aromatic N) is 3. The summed E-state index contributed by atoms with van der Waals surface area (Å²) in [6, 6.07) is 10.1. The Labute approximate surface area is 172 Å². The van der Waals surface area contributed by atoms with Gasteiger partial charge < -0.3 is 4.90 Å². The quantitative estimate of drug-likeness (QED) is 0.319. The van der Waals surface area contributed by atoms with Gasteiger partial charge in [0.05, 0.1) is 11.1 Å². The number of thiophene rings is 1. The minimum absolute atomic E-state index is 0.165. The molecule has 1 aromatic carbocycles. The van der Waals surface area contributed by atoms with Crippen molar-refractivity contribution in [3.05, 3.63) is 40.9 Å². The van der Waals surface area contributed by atoms with E-state index in [1.807, 2.05) is 23.1 Å². The van der Waals surface area contributed by atoms with Crippen LogP contribution in [0.2, 0.25) is 5.15 Å². The van der Waals surface area contributed by atoms with Crippen molar-refractivity contribution in [2.24, 2.45) is 0 Å². The third-order valence-corrected chi connectivity index (χ3v) is 6.71. The monoisotopic (exact) mass is 417 g/mol. The lowest BCUT2D eigenvalue weighted by molar-refractivity contribution is -0.128. The Morgan fingerprint density at radius 1 is 1.11 bits per heavy atom. The molecule has 4 nitrogen and oxygen atoms in total. The molecule has 27 heavy (non-hydrogen) atoms. The Balaban J connectivity index is 1.51. The van der Waals surface area contributed by atoms with Crippen molar-refractivity contribution >= 4 is 50.8 Å². The lowest BCUT2D eigenvalue weighted by Crippen LogP contribution is -2.33. The molecule has 2 aromatic heterocycles. The summed E-state index contributed by atoms with van der Waals surface area (Å²) in [5, 5.41) is 3.97. The maximum absolute atomic E-state index is 12.5. The van der Waals surface area contributed by atoms with Gasteiger partial charge in [-0.2, -0.15) is 0 Å². The zero-order valence-corrected chi connectivity index (χ0v) is 17.2. The first-order valence-corrected chi connectivity index (χ1v) is 11.4. The molecule has 0 bridgehead atoms. The molecule has 0 spiro atoms. The number of carbonyl (C=O) groups excluding carboxylic acids is 1. The summed E-state index contributed by atoms with van der Waals surface area (Å²) in [6.45, 7) is 1.73. The van der Waals surface area contributed by atoms with Gasteiger partial charge in [0.25, 0.3) is 0 Å². The molecule has 3 heterocycles. The molecule has 0 N–H and O–H groups in total. The number of rotatable bonds is 4. The highest BCUT2D eigenvalue weighted by Crippen LogP contribution is 2.37. The van der Waals surface area contributed by atoms with Crippen molar-refractivity contribution in [2.75, 3.05) is 18.8 Å². The molecule has 4 rings (SSSR count). The van der Waals surface area contributed by atoms with Crippen molar-refractivity contribution in [1.29, 1.82) is 0 Å². The molecule has 0 aliphatic carbocycles. The van der Waals surface area contributed by atoms with Crippen LogP contribution in [0, 0.1) is 0 Å². The Kier molecular flexibility index (Phi) is 5.95. The molecular formula is C20H20ClN3OS2. The van der Waals surface area contributed by atoms with Gasteiger partial charge in [0.1, 0.15) is 9.98 Å². The van der Waals surface area contributed by atoms with Gasteiger partial charge in [-0.05, 0) is 18.4 Å².